The van der Waals surface area contributed by atoms with Gasteiger partial charge in [-0.1, -0.05) is 44.0 Å². The Morgan fingerprint density at radius 2 is 1.79 bits per heavy atom. The summed E-state index contributed by atoms with van der Waals surface area (Å²) in [5.41, 5.74) is 4.85. The van der Waals surface area contributed by atoms with Gasteiger partial charge in [0.15, 0.2) is 0 Å². The van der Waals surface area contributed by atoms with Crippen LogP contribution in [-0.2, 0) is 6.61 Å². The molecule has 0 saturated carbocycles. The van der Waals surface area contributed by atoms with Crippen molar-refractivity contribution in [2.24, 2.45) is 5.10 Å². The maximum Gasteiger partial charge on any atom is 0.271 e. The summed E-state index contributed by atoms with van der Waals surface area (Å²) in [4.78, 5) is 12.3. The van der Waals surface area contributed by atoms with Crippen molar-refractivity contribution >= 4 is 44.0 Å². The molecule has 0 heterocycles. The highest BCUT2D eigenvalue weighted by atomic mass is 79.9. The van der Waals surface area contributed by atoms with E-state index in [1.807, 2.05) is 42.5 Å². The Morgan fingerprint density at radius 1 is 1.03 bits per heavy atom. The summed E-state index contributed by atoms with van der Waals surface area (Å²) < 4.78 is 12.8. The summed E-state index contributed by atoms with van der Waals surface area (Å²) in [7, 11) is 1.60. The second-order valence-electron chi connectivity index (χ2n) is 6.03. The normalized spacial score (nSPS) is 10.7. The van der Waals surface area contributed by atoms with Crippen molar-refractivity contribution in [1.82, 2.24) is 5.43 Å². The van der Waals surface area contributed by atoms with Crippen molar-refractivity contribution < 1.29 is 14.3 Å². The number of carbonyl (C=O) groups excluding carboxylic acids is 1. The third kappa shape index (κ3) is 6.17. The lowest BCUT2D eigenvalue weighted by atomic mass is 10.2. The van der Waals surface area contributed by atoms with E-state index in [9.17, 15) is 4.79 Å². The van der Waals surface area contributed by atoms with E-state index in [-0.39, 0.29) is 5.91 Å². The summed E-state index contributed by atoms with van der Waals surface area (Å²) >= 11 is 6.88. The minimum absolute atomic E-state index is 0.307. The van der Waals surface area contributed by atoms with Crippen LogP contribution in [0.2, 0.25) is 0 Å². The van der Waals surface area contributed by atoms with Gasteiger partial charge in [-0.25, -0.2) is 5.43 Å². The molecule has 3 aromatic carbocycles. The fourth-order valence-corrected chi connectivity index (χ4v) is 3.26. The first kappa shape index (κ1) is 21.1. The maximum absolute atomic E-state index is 12.3. The van der Waals surface area contributed by atoms with Crippen molar-refractivity contribution in [3.63, 3.8) is 0 Å². The number of methoxy groups -OCH3 is 1. The molecule has 0 unspecified atom stereocenters. The Labute approximate surface area is 186 Å². The van der Waals surface area contributed by atoms with Gasteiger partial charge in [-0.05, 0) is 60.2 Å². The van der Waals surface area contributed by atoms with Gasteiger partial charge in [0, 0.05) is 20.1 Å². The molecule has 5 nitrogen and oxygen atoms in total. The number of hydrazone groups is 1. The molecule has 7 heteroatoms. The predicted octanol–water partition coefficient (Wildman–Crippen LogP) is 5.56. The van der Waals surface area contributed by atoms with Crippen LogP contribution in [0.3, 0.4) is 0 Å². The Bertz CT molecular complexity index is 1020. The highest BCUT2D eigenvalue weighted by Crippen LogP contribution is 2.21. The first-order chi connectivity index (χ1) is 14.0. The molecule has 0 saturated heterocycles. The molecule has 0 aliphatic carbocycles. The van der Waals surface area contributed by atoms with Crippen LogP contribution in [0.4, 0.5) is 0 Å². The van der Waals surface area contributed by atoms with Crippen molar-refractivity contribution in [1.29, 1.82) is 0 Å². The van der Waals surface area contributed by atoms with E-state index in [0.29, 0.717) is 23.7 Å². The Balaban J connectivity index is 1.56. The molecule has 0 spiro atoms. The first-order valence-corrected chi connectivity index (χ1v) is 10.3. The van der Waals surface area contributed by atoms with Crippen LogP contribution in [-0.4, -0.2) is 19.2 Å². The molecule has 1 N–H and O–H groups in total. The van der Waals surface area contributed by atoms with Crippen molar-refractivity contribution in [2.75, 3.05) is 7.11 Å². The fourth-order valence-electron chi connectivity index (χ4n) is 2.47. The van der Waals surface area contributed by atoms with E-state index >= 15 is 0 Å². The summed E-state index contributed by atoms with van der Waals surface area (Å²) in [5.74, 6) is 1.09. The van der Waals surface area contributed by atoms with Crippen LogP contribution in [0.15, 0.2) is 80.8 Å². The molecule has 0 aliphatic rings. The molecule has 29 heavy (non-hydrogen) atoms. The third-order valence-electron chi connectivity index (χ3n) is 3.98. The molecule has 0 atom stereocenters. The van der Waals surface area contributed by atoms with Crippen molar-refractivity contribution in [3.05, 3.63) is 92.4 Å². The topological polar surface area (TPSA) is 59.9 Å². The van der Waals surface area contributed by atoms with Gasteiger partial charge in [0.05, 0.1) is 13.3 Å². The summed E-state index contributed by atoms with van der Waals surface area (Å²) in [5, 5.41) is 4.02. The van der Waals surface area contributed by atoms with E-state index < -0.39 is 0 Å². The molecular formula is C22H18Br2N2O3. The SMILES string of the molecule is COc1ccc(Br)c(C=NNC(=O)c2ccc(OCc3cccc(Br)c3)cc2)c1. The average molecular weight is 518 g/mol. The molecule has 148 valence electrons. The fraction of sp³-hybridized carbons (Fsp3) is 0.0909. The maximum atomic E-state index is 12.3. The molecule has 0 radical (unpaired) electrons. The highest BCUT2D eigenvalue weighted by molar-refractivity contribution is 9.10. The largest absolute Gasteiger partial charge is 0.497 e. The van der Waals surface area contributed by atoms with E-state index in [0.717, 1.165) is 20.1 Å². The number of amides is 1. The number of ether oxygens (including phenoxy) is 2. The van der Waals surface area contributed by atoms with Crippen LogP contribution < -0.4 is 14.9 Å². The second-order valence-corrected chi connectivity index (χ2v) is 7.80. The van der Waals surface area contributed by atoms with E-state index in [1.54, 1.807) is 37.6 Å². The van der Waals surface area contributed by atoms with Gasteiger partial charge in [0.1, 0.15) is 18.1 Å². The van der Waals surface area contributed by atoms with Gasteiger partial charge in [-0.3, -0.25) is 4.79 Å². The lowest BCUT2D eigenvalue weighted by Crippen LogP contribution is -2.17. The Kier molecular flexibility index (Phi) is 7.43. The zero-order valence-electron chi connectivity index (χ0n) is 15.6. The number of nitrogens with zero attached hydrogens (tertiary/aromatic N) is 1. The monoisotopic (exact) mass is 516 g/mol. The number of hydrogen-bond acceptors (Lipinski definition) is 4. The van der Waals surface area contributed by atoms with Crippen molar-refractivity contribution in [2.45, 2.75) is 6.61 Å². The van der Waals surface area contributed by atoms with Gasteiger partial charge < -0.3 is 9.47 Å². The van der Waals surface area contributed by atoms with Gasteiger partial charge >= 0.3 is 0 Å². The van der Waals surface area contributed by atoms with Crippen LogP contribution in [0.1, 0.15) is 21.5 Å². The van der Waals surface area contributed by atoms with E-state index in [4.69, 9.17) is 9.47 Å². The number of benzene rings is 3. The number of hydrogen-bond donors (Lipinski definition) is 1. The van der Waals surface area contributed by atoms with Crippen molar-refractivity contribution in [3.8, 4) is 11.5 Å². The zero-order valence-corrected chi connectivity index (χ0v) is 18.7. The zero-order chi connectivity index (χ0) is 20.6. The summed E-state index contributed by atoms with van der Waals surface area (Å²) in [6.45, 7) is 0.449. The summed E-state index contributed by atoms with van der Waals surface area (Å²) in [6, 6.07) is 20.3. The molecule has 3 rings (SSSR count). The van der Waals surface area contributed by atoms with Crippen LogP contribution in [0.25, 0.3) is 0 Å². The number of carbonyl (C=O) groups is 1. The summed E-state index contributed by atoms with van der Waals surface area (Å²) in [6.07, 6.45) is 1.56. The second kappa shape index (κ2) is 10.2. The van der Waals surface area contributed by atoms with E-state index in [1.165, 1.54) is 0 Å². The molecule has 3 aromatic rings. The lowest BCUT2D eigenvalue weighted by molar-refractivity contribution is 0.0955. The first-order valence-electron chi connectivity index (χ1n) is 8.69. The lowest BCUT2D eigenvalue weighted by Gasteiger charge is -2.07. The highest BCUT2D eigenvalue weighted by Gasteiger charge is 2.05. The Morgan fingerprint density at radius 3 is 2.52 bits per heavy atom. The standard InChI is InChI=1S/C22H18Br2N2O3/c1-28-20-9-10-21(24)17(12-20)13-25-26-22(27)16-5-7-19(8-6-16)29-14-15-3-2-4-18(23)11-15/h2-13H,14H2,1H3,(H,26,27). The minimum Gasteiger partial charge on any atom is -0.497 e. The van der Waals surface area contributed by atoms with E-state index in [2.05, 4.69) is 42.4 Å². The number of nitrogens with one attached hydrogen (secondary N) is 1. The third-order valence-corrected chi connectivity index (χ3v) is 5.20. The molecule has 1 amide bonds. The molecule has 0 fully saturated rings. The van der Waals surface area contributed by atoms with Gasteiger partial charge in [0.2, 0.25) is 0 Å². The number of rotatable bonds is 7. The molecule has 0 aliphatic heterocycles. The van der Waals surface area contributed by atoms with Gasteiger partial charge in [-0.15, -0.1) is 0 Å². The quantitative estimate of drug-likeness (QED) is 0.329. The van der Waals surface area contributed by atoms with Crippen LogP contribution >= 0.6 is 31.9 Å². The Hall–Kier alpha value is -2.64. The predicted molar refractivity (Wildman–Crippen MR) is 121 cm³/mol. The molecule has 0 aromatic heterocycles. The van der Waals surface area contributed by atoms with Gasteiger partial charge in [-0.2, -0.15) is 5.10 Å². The molecular weight excluding hydrogens is 500 g/mol. The van der Waals surface area contributed by atoms with Crippen LogP contribution in [0, 0.1) is 0 Å². The van der Waals surface area contributed by atoms with Gasteiger partial charge in [0.25, 0.3) is 5.91 Å². The average Bonchev–Trinajstić information content (AvgIpc) is 2.74. The minimum atomic E-state index is -0.307. The van der Waals surface area contributed by atoms with Crippen LogP contribution in [0.5, 0.6) is 11.5 Å². The smallest absolute Gasteiger partial charge is 0.271 e. The molecule has 0 bridgehead atoms. The number of halogens is 2.